The summed E-state index contributed by atoms with van der Waals surface area (Å²) in [4.78, 5) is 0. The van der Waals surface area contributed by atoms with Crippen LogP contribution in [-0.2, 0) is 11.3 Å². The zero-order valence-corrected chi connectivity index (χ0v) is 6.21. The van der Waals surface area contributed by atoms with Crippen LogP contribution in [0.15, 0.2) is 0 Å². The summed E-state index contributed by atoms with van der Waals surface area (Å²) in [6.07, 6.45) is 0. The highest BCUT2D eigenvalue weighted by molar-refractivity contribution is 7.76. The molecule has 8 heavy (non-hydrogen) atoms. The lowest BCUT2D eigenvalue weighted by Gasteiger charge is -2.07. The third-order valence-corrected chi connectivity index (χ3v) is 2.05. The Morgan fingerprint density at radius 3 is 1.88 bits per heavy atom. The van der Waals surface area contributed by atoms with Crippen molar-refractivity contribution >= 4 is 34.5 Å². The van der Waals surface area contributed by atoms with Gasteiger partial charge in [-0.1, -0.05) is 0 Å². The molecule has 0 aromatic carbocycles. The molecule has 0 rings (SSSR count). The van der Waals surface area contributed by atoms with Crippen molar-refractivity contribution in [1.29, 1.82) is 0 Å². The smallest absolute Gasteiger partial charge is 0.236 e. The third-order valence-electron chi connectivity index (χ3n) is 0.488. The van der Waals surface area contributed by atoms with Gasteiger partial charge in [-0.2, -0.15) is 4.31 Å². The van der Waals surface area contributed by atoms with Crippen LogP contribution in [0.1, 0.15) is 0 Å². The van der Waals surface area contributed by atoms with Gasteiger partial charge in [0.2, 0.25) is 11.3 Å². The average Bonchev–Trinajstić information content (AvgIpc) is 1.69. The van der Waals surface area contributed by atoms with E-state index in [0.717, 1.165) is 4.31 Å². The average molecular weight is 178 g/mol. The molecule has 0 bridgehead atoms. The monoisotopic (exact) mass is 177 g/mol. The molecule has 0 aliphatic heterocycles. The molecular formula is C2H5Cl2NO2S. The van der Waals surface area contributed by atoms with Crippen LogP contribution >= 0.6 is 23.2 Å². The molecule has 0 saturated heterocycles. The molecule has 0 saturated carbocycles. The zero-order valence-electron chi connectivity index (χ0n) is 3.88. The highest BCUT2D eigenvalue weighted by Gasteiger charge is 2.04. The largest absolute Gasteiger partial charge is 0.294 e. The maximum atomic E-state index is 10.0. The highest BCUT2D eigenvalue weighted by Crippen LogP contribution is 1.95. The summed E-state index contributed by atoms with van der Waals surface area (Å²) in [5.41, 5.74) is 0. The van der Waals surface area contributed by atoms with Gasteiger partial charge in [0.25, 0.3) is 0 Å². The van der Waals surface area contributed by atoms with Crippen molar-refractivity contribution in [3.05, 3.63) is 0 Å². The minimum atomic E-state index is -2.03. The van der Waals surface area contributed by atoms with Gasteiger partial charge in [-0.25, -0.2) is 4.21 Å². The van der Waals surface area contributed by atoms with E-state index >= 15 is 0 Å². The van der Waals surface area contributed by atoms with Crippen molar-refractivity contribution < 1.29 is 8.76 Å². The van der Waals surface area contributed by atoms with Gasteiger partial charge in [-0.15, -0.1) is 23.2 Å². The Hall–Kier alpha value is 0.650. The van der Waals surface area contributed by atoms with Crippen molar-refractivity contribution in [2.45, 2.75) is 0 Å². The molecule has 3 nitrogen and oxygen atoms in total. The van der Waals surface area contributed by atoms with Crippen LogP contribution in [0, 0.1) is 0 Å². The van der Waals surface area contributed by atoms with Crippen LogP contribution in [-0.4, -0.2) is 25.1 Å². The van der Waals surface area contributed by atoms with Crippen molar-refractivity contribution in [2.75, 3.05) is 12.0 Å². The van der Waals surface area contributed by atoms with Gasteiger partial charge in [0.1, 0.15) is 0 Å². The Kier molecular flexibility index (Phi) is 4.89. The van der Waals surface area contributed by atoms with Gasteiger partial charge in [0.15, 0.2) is 0 Å². The fraction of sp³-hybridized carbons (Fsp3) is 1.00. The molecular weight excluding hydrogens is 173 g/mol. The fourth-order valence-corrected chi connectivity index (χ4v) is 1.04. The van der Waals surface area contributed by atoms with E-state index in [2.05, 4.69) is 0 Å². The van der Waals surface area contributed by atoms with E-state index in [1.807, 2.05) is 0 Å². The molecule has 1 N–H and O–H groups in total. The minimum absolute atomic E-state index is 0.0351. The SMILES string of the molecule is O=S(O)N(CCl)CCl. The van der Waals surface area contributed by atoms with E-state index in [4.69, 9.17) is 27.8 Å². The Morgan fingerprint density at radius 2 is 1.88 bits per heavy atom. The second-order valence-electron chi connectivity index (χ2n) is 0.952. The van der Waals surface area contributed by atoms with Gasteiger partial charge < -0.3 is 0 Å². The molecule has 0 amide bonds. The summed E-state index contributed by atoms with van der Waals surface area (Å²) in [6.45, 7) is 0. The Bertz CT molecular complexity index is 86.1. The van der Waals surface area contributed by atoms with Crippen LogP contribution in [0.2, 0.25) is 0 Å². The lowest BCUT2D eigenvalue weighted by Crippen LogP contribution is -2.22. The predicted molar refractivity (Wildman–Crippen MR) is 34.1 cm³/mol. The first kappa shape index (κ1) is 8.65. The number of hydrogen-bond acceptors (Lipinski definition) is 1. The van der Waals surface area contributed by atoms with Crippen LogP contribution in [0.5, 0.6) is 0 Å². The quantitative estimate of drug-likeness (QED) is 0.394. The van der Waals surface area contributed by atoms with Gasteiger partial charge in [-0.05, 0) is 0 Å². The molecule has 0 heterocycles. The zero-order chi connectivity index (χ0) is 6.57. The normalized spacial score (nSPS) is 14.5. The van der Waals surface area contributed by atoms with Crippen molar-refractivity contribution in [3.8, 4) is 0 Å². The minimum Gasteiger partial charge on any atom is -0.294 e. The molecule has 0 aromatic rings. The lowest BCUT2D eigenvalue weighted by atomic mass is 11.2. The first-order valence-corrected chi connectivity index (χ1v) is 3.83. The van der Waals surface area contributed by atoms with Crippen molar-refractivity contribution in [3.63, 3.8) is 0 Å². The number of alkyl halides is 2. The van der Waals surface area contributed by atoms with E-state index in [1.165, 1.54) is 0 Å². The van der Waals surface area contributed by atoms with Gasteiger partial charge in [0, 0.05) is 0 Å². The number of hydrogen-bond donors (Lipinski definition) is 1. The van der Waals surface area contributed by atoms with E-state index in [9.17, 15) is 4.21 Å². The molecule has 0 spiro atoms. The maximum Gasteiger partial charge on any atom is 0.236 e. The van der Waals surface area contributed by atoms with E-state index in [1.54, 1.807) is 0 Å². The summed E-state index contributed by atoms with van der Waals surface area (Å²) in [5.74, 6) is 0. The molecule has 50 valence electrons. The second kappa shape index (κ2) is 4.52. The Balaban J connectivity index is 3.52. The Morgan fingerprint density at radius 1 is 1.50 bits per heavy atom. The molecule has 1 unspecified atom stereocenters. The maximum absolute atomic E-state index is 10.0. The van der Waals surface area contributed by atoms with Crippen molar-refractivity contribution in [2.24, 2.45) is 0 Å². The standard InChI is InChI=1S/C2H5Cl2NO2S/c3-1-5(2-4)8(6)7/h1-2H2,(H,6,7). The lowest BCUT2D eigenvalue weighted by molar-refractivity contribution is 0.473. The molecule has 0 aliphatic rings. The summed E-state index contributed by atoms with van der Waals surface area (Å²) < 4.78 is 19.2. The van der Waals surface area contributed by atoms with Gasteiger partial charge >= 0.3 is 0 Å². The topological polar surface area (TPSA) is 40.5 Å². The van der Waals surface area contributed by atoms with E-state index < -0.39 is 11.3 Å². The van der Waals surface area contributed by atoms with Crippen LogP contribution in [0.25, 0.3) is 0 Å². The molecule has 1 atom stereocenters. The molecule has 0 aliphatic carbocycles. The Labute approximate surface area is 60.0 Å². The van der Waals surface area contributed by atoms with Crippen LogP contribution in [0.4, 0.5) is 0 Å². The van der Waals surface area contributed by atoms with Crippen LogP contribution < -0.4 is 0 Å². The number of halogens is 2. The van der Waals surface area contributed by atoms with E-state index in [-0.39, 0.29) is 12.0 Å². The fourth-order valence-electron chi connectivity index (χ4n) is 0.115. The van der Waals surface area contributed by atoms with Crippen molar-refractivity contribution in [1.82, 2.24) is 4.31 Å². The van der Waals surface area contributed by atoms with Gasteiger partial charge in [0.05, 0.1) is 12.0 Å². The number of nitrogens with zero attached hydrogens (tertiary/aromatic N) is 1. The molecule has 0 fully saturated rings. The molecule has 0 radical (unpaired) electrons. The molecule has 0 aromatic heterocycles. The van der Waals surface area contributed by atoms with E-state index in [0.29, 0.717) is 0 Å². The first-order valence-electron chi connectivity index (χ1n) is 1.70. The molecule has 6 heteroatoms. The van der Waals surface area contributed by atoms with Gasteiger partial charge in [-0.3, -0.25) is 4.55 Å². The predicted octanol–water partition coefficient (Wildman–Crippen LogP) is 0.818. The third kappa shape index (κ3) is 2.84. The number of rotatable bonds is 3. The summed E-state index contributed by atoms with van der Waals surface area (Å²) in [7, 11) is 0. The summed E-state index contributed by atoms with van der Waals surface area (Å²) in [5, 5.41) is 0. The highest BCUT2D eigenvalue weighted by atomic mass is 35.5. The summed E-state index contributed by atoms with van der Waals surface area (Å²) in [6, 6.07) is -0.0702. The van der Waals surface area contributed by atoms with Crippen LogP contribution in [0.3, 0.4) is 0 Å². The summed E-state index contributed by atoms with van der Waals surface area (Å²) >= 11 is 8.27. The second-order valence-corrected chi connectivity index (χ2v) is 2.41. The first-order chi connectivity index (χ1) is 3.72.